The van der Waals surface area contributed by atoms with E-state index < -0.39 is 9.84 Å². The molecule has 1 saturated heterocycles. The molecule has 0 bridgehead atoms. The average Bonchev–Trinajstić information content (AvgIpc) is 3.02. The van der Waals surface area contributed by atoms with Gasteiger partial charge in [-0.3, -0.25) is 9.30 Å². The molecular weight excluding hydrogens is 288 g/mol. The van der Waals surface area contributed by atoms with E-state index in [4.69, 9.17) is 0 Å². The van der Waals surface area contributed by atoms with Crippen LogP contribution in [0, 0.1) is 0 Å². The van der Waals surface area contributed by atoms with Crippen LogP contribution >= 0.6 is 0 Å². The van der Waals surface area contributed by atoms with Crippen molar-refractivity contribution in [2.24, 2.45) is 0 Å². The molecule has 0 N–H and O–H groups in total. The van der Waals surface area contributed by atoms with Crippen molar-refractivity contribution in [2.75, 3.05) is 18.1 Å². The maximum Gasteiger partial charge on any atom is 0.233 e. The van der Waals surface area contributed by atoms with E-state index in [1.165, 1.54) is 0 Å². The van der Waals surface area contributed by atoms with Crippen molar-refractivity contribution in [2.45, 2.75) is 19.0 Å². The summed E-state index contributed by atoms with van der Waals surface area (Å²) in [6.45, 7) is 5.07. The zero-order chi connectivity index (χ0) is 14.9. The molecule has 0 saturated carbocycles. The largest absolute Gasteiger partial charge is 0.290 e. The Labute approximate surface area is 124 Å². The van der Waals surface area contributed by atoms with Gasteiger partial charge in [-0.2, -0.15) is 0 Å². The number of rotatable bonds is 5. The molecule has 2 aromatic rings. The molecule has 2 aromatic heterocycles. The van der Waals surface area contributed by atoms with Gasteiger partial charge < -0.3 is 0 Å². The van der Waals surface area contributed by atoms with Crippen molar-refractivity contribution in [3.63, 3.8) is 0 Å². The van der Waals surface area contributed by atoms with Crippen LogP contribution in [0.15, 0.2) is 37.3 Å². The van der Waals surface area contributed by atoms with Crippen LogP contribution in [0.5, 0.6) is 0 Å². The summed E-state index contributed by atoms with van der Waals surface area (Å²) in [6.07, 6.45) is 7.92. The lowest BCUT2D eigenvalue weighted by Crippen LogP contribution is -2.36. The fourth-order valence-electron chi connectivity index (χ4n) is 2.77. The Morgan fingerprint density at radius 3 is 3.05 bits per heavy atom. The van der Waals surface area contributed by atoms with Crippen LogP contribution in [0.2, 0.25) is 0 Å². The van der Waals surface area contributed by atoms with E-state index in [1.54, 1.807) is 12.4 Å². The number of imidazole rings is 1. The van der Waals surface area contributed by atoms with Gasteiger partial charge in [0.1, 0.15) is 0 Å². The number of hydrogen-bond acceptors (Lipinski definition) is 5. The first kappa shape index (κ1) is 14.2. The van der Waals surface area contributed by atoms with E-state index in [1.807, 2.05) is 22.7 Å². The van der Waals surface area contributed by atoms with Gasteiger partial charge in [-0.05, 0) is 12.5 Å². The molecule has 112 valence electrons. The molecular formula is C14H18N4O2S. The predicted octanol–water partition coefficient (Wildman–Crippen LogP) is 0.904. The minimum absolute atomic E-state index is 0.0511. The number of nitrogens with zero attached hydrogens (tertiary/aromatic N) is 4. The van der Waals surface area contributed by atoms with Crippen molar-refractivity contribution in [3.05, 3.63) is 43.0 Å². The van der Waals surface area contributed by atoms with Crippen molar-refractivity contribution < 1.29 is 8.42 Å². The Morgan fingerprint density at radius 2 is 2.33 bits per heavy atom. The summed E-state index contributed by atoms with van der Waals surface area (Å²) in [7, 11) is -2.89. The maximum atomic E-state index is 11.7. The van der Waals surface area contributed by atoms with E-state index in [2.05, 4.69) is 21.4 Å². The van der Waals surface area contributed by atoms with Crippen molar-refractivity contribution in [1.29, 1.82) is 0 Å². The molecule has 6 nitrogen and oxygen atoms in total. The molecule has 1 aliphatic rings. The summed E-state index contributed by atoms with van der Waals surface area (Å²) in [5.74, 6) is 1.17. The Bertz CT molecular complexity index is 753. The third-order valence-electron chi connectivity index (χ3n) is 3.82. The van der Waals surface area contributed by atoms with Gasteiger partial charge in [-0.25, -0.2) is 18.4 Å². The van der Waals surface area contributed by atoms with E-state index in [0.717, 1.165) is 5.69 Å². The second kappa shape index (κ2) is 5.57. The predicted molar refractivity (Wildman–Crippen MR) is 80.7 cm³/mol. The first-order valence-electron chi connectivity index (χ1n) is 6.91. The summed E-state index contributed by atoms with van der Waals surface area (Å²) in [5.41, 5.74) is 1.00. The number of aromatic nitrogens is 3. The zero-order valence-corrected chi connectivity index (χ0v) is 12.5. The second-order valence-corrected chi connectivity index (χ2v) is 7.54. The van der Waals surface area contributed by atoms with Crippen LogP contribution < -0.4 is 0 Å². The molecule has 3 rings (SSSR count). The summed E-state index contributed by atoms with van der Waals surface area (Å²) in [6, 6.07) is 1.91. The summed E-state index contributed by atoms with van der Waals surface area (Å²) < 4.78 is 25.3. The summed E-state index contributed by atoms with van der Waals surface area (Å²) in [4.78, 5) is 10.6. The lowest BCUT2D eigenvalue weighted by atomic mass is 10.2. The molecule has 0 aromatic carbocycles. The van der Waals surface area contributed by atoms with Crippen LogP contribution in [0.25, 0.3) is 5.78 Å². The van der Waals surface area contributed by atoms with Crippen LogP contribution in [-0.4, -0.2) is 51.8 Å². The van der Waals surface area contributed by atoms with Crippen LogP contribution in [-0.2, 0) is 16.4 Å². The van der Waals surface area contributed by atoms with Gasteiger partial charge in [0.2, 0.25) is 5.78 Å². The molecule has 1 atom stereocenters. The SMILES string of the molecule is C=CCN(Cc1cnc2ncccn12)[C@@H]1CCS(=O)(=O)C1. The molecule has 1 aliphatic heterocycles. The van der Waals surface area contributed by atoms with E-state index >= 15 is 0 Å². The number of fused-ring (bicyclic) bond motifs is 1. The van der Waals surface area contributed by atoms with Gasteiger partial charge in [0.15, 0.2) is 9.84 Å². The highest BCUT2D eigenvalue weighted by atomic mass is 32.2. The standard InChI is InChI=1S/C14H18N4O2S/c1-2-6-17(12-4-8-21(19,20)11-12)10-13-9-16-14-15-5-3-7-18(13)14/h2-3,5,7,9,12H,1,4,6,8,10-11H2/t12-/m1/s1. The van der Waals surface area contributed by atoms with E-state index in [9.17, 15) is 8.42 Å². The van der Waals surface area contributed by atoms with E-state index in [0.29, 0.717) is 25.3 Å². The first-order valence-corrected chi connectivity index (χ1v) is 8.73. The minimum Gasteiger partial charge on any atom is -0.290 e. The fourth-order valence-corrected chi connectivity index (χ4v) is 4.54. The highest BCUT2D eigenvalue weighted by molar-refractivity contribution is 7.91. The Kier molecular flexibility index (Phi) is 3.77. The average molecular weight is 306 g/mol. The third kappa shape index (κ3) is 2.98. The van der Waals surface area contributed by atoms with E-state index in [-0.39, 0.29) is 17.5 Å². The maximum absolute atomic E-state index is 11.7. The number of hydrogen-bond donors (Lipinski definition) is 0. The molecule has 0 aliphatic carbocycles. The van der Waals surface area contributed by atoms with Crippen molar-refractivity contribution in [3.8, 4) is 0 Å². The molecule has 21 heavy (non-hydrogen) atoms. The van der Waals surface area contributed by atoms with Crippen molar-refractivity contribution in [1.82, 2.24) is 19.3 Å². The molecule has 0 radical (unpaired) electrons. The van der Waals surface area contributed by atoms with Crippen LogP contribution in [0.3, 0.4) is 0 Å². The van der Waals surface area contributed by atoms with Gasteiger partial charge in [-0.1, -0.05) is 6.08 Å². The number of sulfone groups is 1. The first-order chi connectivity index (χ1) is 10.1. The molecule has 1 fully saturated rings. The Balaban J connectivity index is 1.84. The normalized spacial score (nSPS) is 21.1. The van der Waals surface area contributed by atoms with Crippen molar-refractivity contribution >= 4 is 15.6 Å². The van der Waals surface area contributed by atoms with Gasteiger partial charge >= 0.3 is 0 Å². The molecule has 0 spiro atoms. The van der Waals surface area contributed by atoms with Gasteiger partial charge in [0.05, 0.1) is 23.4 Å². The van der Waals surface area contributed by atoms with Gasteiger partial charge in [0.25, 0.3) is 0 Å². The highest BCUT2D eigenvalue weighted by Gasteiger charge is 2.32. The van der Waals surface area contributed by atoms with Gasteiger partial charge in [-0.15, -0.1) is 6.58 Å². The highest BCUT2D eigenvalue weighted by Crippen LogP contribution is 2.20. The lowest BCUT2D eigenvalue weighted by Gasteiger charge is -2.26. The lowest BCUT2D eigenvalue weighted by molar-refractivity contribution is 0.223. The Hall–Kier alpha value is -1.73. The quantitative estimate of drug-likeness (QED) is 0.768. The molecule has 7 heteroatoms. The third-order valence-corrected chi connectivity index (χ3v) is 5.57. The monoisotopic (exact) mass is 306 g/mol. The Morgan fingerprint density at radius 1 is 1.48 bits per heavy atom. The smallest absolute Gasteiger partial charge is 0.233 e. The van der Waals surface area contributed by atoms with Crippen LogP contribution in [0.4, 0.5) is 0 Å². The zero-order valence-electron chi connectivity index (χ0n) is 11.7. The summed E-state index contributed by atoms with van der Waals surface area (Å²) in [5, 5.41) is 0. The second-order valence-electron chi connectivity index (χ2n) is 5.31. The molecule has 0 amide bonds. The fraction of sp³-hybridized carbons (Fsp3) is 0.429. The molecule has 0 unspecified atom stereocenters. The van der Waals surface area contributed by atoms with Crippen LogP contribution in [0.1, 0.15) is 12.1 Å². The summed E-state index contributed by atoms with van der Waals surface area (Å²) >= 11 is 0. The minimum atomic E-state index is -2.89. The van der Waals surface area contributed by atoms with Gasteiger partial charge in [0, 0.05) is 31.5 Å². The topological polar surface area (TPSA) is 67.6 Å². The molecule has 3 heterocycles.